The third-order valence-corrected chi connectivity index (χ3v) is 10.3. The lowest BCUT2D eigenvalue weighted by Gasteiger charge is -2.14. The van der Waals surface area contributed by atoms with E-state index in [1.165, 1.54) is 91.5 Å². The van der Waals surface area contributed by atoms with Crippen molar-refractivity contribution < 1.29 is 0 Å². The molecule has 0 fully saturated rings. The molecule has 7 aromatic carbocycles. The fourth-order valence-electron chi connectivity index (χ4n) is 7.43. The Morgan fingerprint density at radius 2 is 1.24 bits per heavy atom. The molecule has 0 atom stereocenters. The number of benzene rings is 7. The van der Waals surface area contributed by atoms with E-state index in [0.717, 1.165) is 6.42 Å². The Bertz CT molecular complexity index is 2560. The normalized spacial score (nSPS) is 12.8. The van der Waals surface area contributed by atoms with Crippen LogP contribution in [0.25, 0.3) is 80.3 Å². The maximum Gasteiger partial charge on any atom is 0.0555 e. The van der Waals surface area contributed by atoms with Crippen molar-refractivity contribution in [3.8, 4) is 16.8 Å². The smallest absolute Gasteiger partial charge is 0.0555 e. The number of hydrogen-bond acceptors (Lipinski definition) is 1. The summed E-state index contributed by atoms with van der Waals surface area (Å²) in [6.45, 7) is 0. The molecule has 0 radical (unpaired) electrons. The van der Waals surface area contributed by atoms with E-state index < -0.39 is 0 Å². The van der Waals surface area contributed by atoms with E-state index in [4.69, 9.17) is 0 Å². The van der Waals surface area contributed by atoms with Crippen molar-refractivity contribution in [1.82, 2.24) is 4.57 Å². The number of para-hydroxylation sites is 1. The number of fused-ring (bicyclic) bond motifs is 13. The minimum Gasteiger partial charge on any atom is -0.309 e. The summed E-state index contributed by atoms with van der Waals surface area (Å²) in [5.74, 6) is 0. The summed E-state index contributed by atoms with van der Waals surface area (Å²) in [5, 5.41) is 10.5. The Balaban J connectivity index is 1.37. The molecule has 0 N–H and O–H groups in total. The largest absolute Gasteiger partial charge is 0.309 e. The molecule has 2 heterocycles. The third-order valence-electron chi connectivity index (χ3n) is 9.17. The Morgan fingerprint density at radius 1 is 0.488 bits per heavy atom. The molecule has 190 valence electrons. The predicted octanol–water partition coefficient (Wildman–Crippen LogP) is 11.0. The van der Waals surface area contributed by atoms with Gasteiger partial charge in [-0.3, -0.25) is 0 Å². The molecule has 1 aliphatic carbocycles. The second-order valence-corrected chi connectivity index (χ2v) is 12.4. The minimum atomic E-state index is 1.02. The zero-order chi connectivity index (χ0) is 26.7. The Hall–Kier alpha value is -4.92. The summed E-state index contributed by atoms with van der Waals surface area (Å²) in [7, 11) is 0. The Kier molecular flexibility index (Phi) is 4.18. The molecule has 0 spiro atoms. The highest BCUT2D eigenvalue weighted by atomic mass is 32.1. The number of nitrogens with zero attached hydrogens (tertiary/aromatic N) is 1. The molecule has 2 heteroatoms. The number of rotatable bonds is 1. The summed E-state index contributed by atoms with van der Waals surface area (Å²) in [4.78, 5) is 0. The van der Waals surface area contributed by atoms with Crippen LogP contribution in [0, 0.1) is 0 Å². The highest BCUT2D eigenvalue weighted by molar-refractivity contribution is 7.26. The molecular weight excluding hydrogens is 515 g/mol. The SMILES string of the molecule is c1ccc2c(c1)Cc1ccc3sc4cc5c(cc4c3c1-2)c1ccccc1n5-c1cc2ccccc2c2ccccc12. The first kappa shape index (κ1) is 21.8. The van der Waals surface area contributed by atoms with E-state index in [9.17, 15) is 0 Å². The number of aromatic nitrogens is 1. The van der Waals surface area contributed by atoms with Gasteiger partial charge in [-0.1, -0.05) is 97.1 Å². The van der Waals surface area contributed by atoms with Crippen molar-refractivity contribution in [1.29, 1.82) is 0 Å². The number of thiophene rings is 1. The van der Waals surface area contributed by atoms with Gasteiger partial charge in [0.1, 0.15) is 0 Å². The number of hydrogen-bond donors (Lipinski definition) is 0. The standard InChI is InChI=1S/C39H23NS/c1-3-11-26-24(10-1)20-34(29-14-6-5-13-28(26)29)40-33-16-8-7-15-30(33)31-21-32-37(22-35(31)40)41-36-18-17-25-19-23-9-2-4-12-27(23)38(25)39(32)36/h1-18,20-22H,19H2. The van der Waals surface area contributed by atoms with Gasteiger partial charge in [0, 0.05) is 36.3 Å². The van der Waals surface area contributed by atoms with Crippen LogP contribution in [0.4, 0.5) is 0 Å². The average molecular weight is 538 g/mol. The van der Waals surface area contributed by atoms with Gasteiger partial charge in [-0.2, -0.15) is 0 Å². The van der Waals surface area contributed by atoms with Crippen molar-refractivity contribution in [2.24, 2.45) is 0 Å². The van der Waals surface area contributed by atoms with E-state index in [1.54, 1.807) is 0 Å². The Morgan fingerprint density at radius 3 is 2.17 bits per heavy atom. The molecule has 2 aromatic heterocycles. The quantitative estimate of drug-likeness (QED) is 0.184. The van der Waals surface area contributed by atoms with E-state index in [-0.39, 0.29) is 0 Å². The van der Waals surface area contributed by atoms with Crippen molar-refractivity contribution in [3.05, 3.63) is 139 Å². The maximum absolute atomic E-state index is 2.50. The summed E-state index contributed by atoms with van der Waals surface area (Å²) in [6.07, 6.45) is 1.02. The highest BCUT2D eigenvalue weighted by Crippen LogP contribution is 2.48. The van der Waals surface area contributed by atoms with Crippen LogP contribution < -0.4 is 0 Å². The fourth-order valence-corrected chi connectivity index (χ4v) is 8.56. The summed E-state index contributed by atoms with van der Waals surface area (Å²) in [6, 6.07) is 47.5. The summed E-state index contributed by atoms with van der Waals surface area (Å²) in [5.41, 5.74) is 9.48. The molecular formula is C39H23NS. The van der Waals surface area contributed by atoms with Gasteiger partial charge in [0.15, 0.2) is 0 Å². The van der Waals surface area contributed by atoms with Gasteiger partial charge in [0.2, 0.25) is 0 Å². The van der Waals surface area contributed by atoms with Gasteiger partial charge in [0.05, 0.1) is 16.7 Å². The summed E-state index contributed by atoms with van der Waals surface area (Å²) >= 11 is 1.92. The molecule has 0 amide bonds. The van der Waals surface area contributed by atoms with Crippen molar-refractivity contribution >= 4 is 74.9 Å². The summed E-state index contributed by atoms with van der Waals surface area (Å²) < 4.78 is 5.22. The third kappa shape index (κ3) is 2.85. The lowest BCUT2D eigenvalue weighted by Crippen LogP contribution is -1.96. The average Bonchev–Trinajstić information content (AvgIpc) is 3.68. The topological polar surface area (TPSA) is 4.93 Å². The van der Waals surface area contributed by atoms with E-state index in [0.29, 0.717) is 0 Å². The lowest BCUT2D eigenvalue weighted by atomic mass is 9.98. The predicted molar refractivity (Wildman–Crippen MR) is 177 cm³/mol. The molecule has 10 rings (SSSR count). The van der Waals surface area contributed by atoms with Gasteiger partial charge >= 0.3 is 0 Å². The molecule has 0 unspecified atom stereocenters. The monoisotopic (exact) mass is 537 g/mol. The first-order valence-electron chi connectivity index (χ1n) is 14.2. The van der Waals surface area contributed by atoms with Crippen LogP contribution in [0.1, 0.15) is 11.1 Å². The van der Waals surface area contributed by atoms with Gasteiger partial charge < -0.3 is 4.57 Å². The Labute approximate surface area is 240 Å². The van der Waals surface area contributed by atoms with Crippen LogP contribution >= 0.6 is 11.3 Å². The maximum atomic E-state index is 2.50. The van der Waals surface area contributed by atoms with E-state index in [1.807, 2.05) is 11.3 Å². The lowest BCUT2D eigenvalue weighted by molar-refractivity contribution is 1.20. The molecule has 0 aliphatic heterocycles. The molecule has 0 saturated carbocycles. The van der Waals surface area contributed by atoms with Gasteiger partial charge in [-0.25, -0.2) is 0 Å². The van der Waals surface area contributed by atoms with Crippen LogP contribution in [0.3, 0.4) is 0 Å². The second-order valence-electron chi connectivity index (χ2n) is 11.3. The fraction of sp³-hybridized carbons (Fsp3) is 0.0256. The molecule has 1 aliphatic rings. The van der Waals surface area contributed by atoms with E-state index in [2.05, 4.69) is 132 Å². The molecule has 41 heavy (non-hydrogen) atoms. The van der Waals surface area contributed by atoms with Gasteiger partial charge in [-0.05, 0) is 75.2 Å². The van der Waals surface area contributed by atoms with Crippen LogP contribution in [0.2, 0.25) is 0 Å². The second kappa shape index (κ2) is 7.84. The van der Waals surface area contributed by atoms with E-state index >= 15 is 0 Å². The molecule has 1 nitrogen and oxygen atoms in total. The first-order chi connectivity index (χ1) is 20.3. The zero-order valence-electron chi connectivity index (χ0n) is 22.2. The van der Waals surface area contributed by atoms with Gasteiger partial charge in [0.25, 0.3) is 0 Å². The van der Waals surface area contributed by atoms with Crippen LogP contribution in [0.5, 0.6) is 0 Å². The van der Waals surface area contributed by atoms with Crippen LogP contribution in [0.15, 0.2) is 127 Å². The highest BCUT2D eigenvalue weighted by Gasteiger charge is 2.24. The van der Waals surface area contributed by atoms with Crippen LogP contribution in [-0.4, -0.2) is 4.57 Å². The molecule has 9 aromatic rings. The van der Waals surface area contributed by atoms with Crippen molar-refractivity contribution in [2.75, 3.05) is 0 Å². The van der Waals surface area contributed by atoms with Crippen LogP contribution in [-0.2, 0) is 6.42 Å². The zero-order valence-corrected chi connectivity index (χ0v) is 23.0. The first-order valence-corrected chi connectivity index (χ1v) is 15.1. The molecule has 0 saturated heterocycles. The van der Waals surface area contributed by atoms with Crippen molar-refractivity contribution in [3.63, 3.8) is 0 Å². The molecule has 0 bridgehead atoms. The van der Waals surface area contributed by atoms with Crippen molar-refractivity contribution in [2.45, 2.75) is 6.42 Å². The van der Waals surface area contributed by atoms with Gasteiger partial charge in [-0.15, -0.1) is 11.3 Å². The minimum absolute atomic E-state index is 1.02.